The minimum atomic E-state index is 0.895. The van der Waals surface area contributed by atoms with E-state index in [0.29, 0.717) is 0 Å². The van der Waals surface area contributed by atoms with E-state index >= 15 is 0 Å². The minimum absolute atomic E-state index is 0.895. The summed E-state index contributed by atoms with van der Waals surface area (Å²) < 4.78 is 11.2. The highest BCUT2D eigenvalue weighted by molar-refractivity contribution is 7.25. The quantitative estimate of drug-likeness (QED) is 0.180. The van der Waals surface area contributed by atoms with E-state index in [0.717, 1.165) is 55.7 Å². The molecule has 244 valence electrons. The van der Waals surface area contributed by atoms with E-state index in [4.69, 9.17) is 4.42 Å². The highest BCUT2D eigenvalue weighted by atomic mass is 32.1. The summed E-state index contributed by atoms with van der Waals surface area (Å²) >= 11 is 1.85. The second-order valence-electron chi connectivity index (χ2n) is 13.3. The highest BCUT2D eigenvalue weighted by Gasteiger charge is 2.24. The molecule has 0 amide bonds. The summed E-state index contributed by atoms with van der Waals surface area (Å²) in [5.41, 5.74) is 10.9. The molecule has 4 heteroatoms. The van der Waals surface area contributed by atoms with Crippen molar-refractivity contribution in [3.05, 3.63) is 182 Å². The lowest BCUT2D eigenvalue weighted by Crippen LogP contribution is -2.11. The fourth-order valence-electron chi connectivity index (χ4n) is 8.11. The molecule has 0 radical (unpaired) electrons. The van der Waals surface area contributed by atoms with Gasteiger partial charge in [-0.3, -0.25) is 0 Å². The SMILES string of the molecule is c1ccc(-c2ccccc2N(c2ccc3sc4ccccc4c3c2)c2cccc3c2c2ccccc2n3-c2ccc3oc4ccccc4c3c2)cc1. The summed E-state index contributed by atoms with van der Waals surface area (Å²) in [6, 6.07) is 65.6. The zero-order chi connectivity index (χ0) is 34.2. The Balaban J connectivity index is 1.22. The fraction of sp³-hybridized carbons (Fsp3) is 0. The molecular weight excluding hydrogens is 653 g/mol. The Morgan fingerprint density at radius 2 is 1.13 bits per heavy atom. The zero-order valence-electron chi connectivity index (χ0n) is 28.0. The van der Waals surface area contributed by atoms with Crippen molar-refractivity contribution in [3.63, 3.8) is 0 Å². The van der Waals surface area contributed by atoms with Crippen LogP contribution >= 0.6 is 11.3 Å². The van der Waals surface area contributed by atoms with Gasteiger partial charge in [-0.2, -0.15) is 0 Å². The van der Waals surface area contributed by atoms with Crippen LogP contribution in [0.15, 0.2) is 186 Å². The molecule has 0 unspecified atom stereocenters. The van der Waals surface area contributed by atoms with Crippen molar-refractivity contribution < 1.29 is 4.42 Å². The van der Waals surface area contributed by atoms with E-state index in [1.54, 1.807) is 0 Å². The summed E-state index contributed by atoms with van der Waals surface area (Å²) in [6.07, 6.45) is 0. The standard InChI is InChI=1S/C48H30N2OS/c1-2-13-31(14-3-1)34-15-4-8-19-40(34)49(33-26-28-47-39(30-33)36-17-7-11-24-46(36)52-47)42-21-12-22-43-48(42)37-18-5-9-20-41(37)50(43)32-25-27-45-38(29-32)35-16-6-10-23-44(35)51-45/h1-30H. The molecule has 0 N–H and O–H groups in total. The van der Waals surface area contributed by atoms with Gasteiger partial charge in [0.25, 0.3) is 0 Å². The van der Waals surface area contributed by atoms with Crippen molar-refractivity contribution in [1.82, 2.24) is 4.57 Å². The van der Waals surface area contributed by atoms with Crippen LogP contribution in [0.3, 0.4) is 0 Å². The maximum atomic E-state index is 6.23. The zero-order valence-corrected chi connectivity index (χ0v) is 28.8. The number of benzene rings is 8. The van der Waals surface area contributed by atoms with E-state index in [1.165, 1.54) is 42.1 Å². The third-order valence-electron chi connectivity index (χ3n) is 10.4. The topological polar surface area (TPSA) is 21.3 Å². The molecule has 52 heavy (non-hydrogen) atoms. The molecule has 3 heterocycles. The van der Waals surface area contributed by atoms with E-state index in [2.05, 4.69) is 179 Å². The first kappa shape index (κ1) is 29.1. The molecule has 0 bridgehead atoms. The van der Waals surface area contributed by atoms with Gasteiger partial charge in [0, 0.05) is 58.7 Å². The van der Waals surface area contributed by atoms with Gasteiger partial charge in [-0.05, 0) is 78.4 Å². The van der Waals surface area contributed by atoms with Crippen LogP contribution in [0.5, 0.6) is 0 Å². The first-order chi connectivity index (χ1) is 25.8. The van der Waals surface area contributed by atoms with Crippen molar-refractivity contribution in [2.75, 3.05) is 4.90 Å². The lowest BCUT2D eigenvalue weighted by atomic mass is 10.0. The van der Waals surface area contributed by atoms with Gasteiger partial charge in [0.15, 0.2) is 0 Å². The number of anilines is 3. The van der Waals surface area contributed by atoms with Gasteiger partial charge in [-0.1, -0.05) is 109 Å². The largest absolute Gasteiger partial charge is 0.456 e. The van der Waals surface area contributed by atoms with Crippen molar-refractivity contribution >= 4 is 92.3 Å². The van der Waals surface area contributed by atoms with E-state index in [9.17, 15) is 0 Å². The monoisotopic (exact) mass is 682 g/mol. The number of hydrogen-bond acceptors (Lipinski definition) is 3. The lowest BCUT2D eigenvalue weighted by Gasteiger charge is -2.29. The Kier molecular flexibility index (Phi) is 6.42. The summed E-state index contributed by atoms with van der Waals surface area (Å²) in [6.45, 7) is 0. The van der Waals surface area contributed by atoms with Crippen LogP contribution in [0.4, 0.5) is 17.1 Å². The average Bonchev–Trinajstić information content (AvgIpc) is 3.88. The molecule has 0 aliphatic carbocycles. The van der Waals surface area contributed by atoms with E-state index in [-0.39, 0.29) is 0 Å². The summed E-state index contributed by atoms with van der Waals surface area (Å²) in [7, 11) is 0. The maximum absolute atomic E-state index is 6.23. The van der Waals surface area contributed by atoms with Gasteiger partial charge in [0.05, 0.1) is 22.4 Å². The summed E-state index contributed by atoms with van der Waals surface area (Å²) in [5, 5.41) is 7.21. The van der Waals surface area contributed by atoms with Crippen molar-refractivity contribution in [2.45, 2.75) is 0 Å². The highest BCUT2D eigenvalue weighted by Crippen LogP contribution is 2.48. The molecule has 0 aliphatic heterocycles. The first-order valence-corrected chi connectivity index (χ1v) is 18.4. The van der Waals surface area contributed by atoms with Gasteiger partial charge in [-0.15, -0.1) is 11.3 Å². The number of fused-ring (bicyclic) bond motifs is 9. The smallest absolute Gasteiger partial charge is 0.135 e. The third-order valence-corrected chi connectivity index (χ3v) is 11.5. The van der Waals surface area contributed by atoms with Crippen molar-refractivity contribution in [1.29, 1.82) is 0 Å². The lowest BCUT2D eigenvalue weighted by molar-refractivity contribution is 0.669. The Morgan fingerprint density at radius 1 is 0.442 bits per heavy atom. The minimum Gasteiger partial charge on any atom is -0.456 e. The van der Waals surface area contributed by atoms with Gasteiger partial charge in [0.2, 0.25) is 0 Å². The van der Waals surface area contributed by atoms with Gasteiger partial charge in [0.1, 0.15) is 11.2 Å². The van der Waals surface area contributed by atoms with Crippen LogP contribution in [0.1, 0.15) is 0 Å². The second kappa shape index (κ2) is 11.5. The number of aromatic nitrogens is 1. The Labute approximate surface area is 303 Å². The molecule has 11 rings (SSSR count). The summed E-state index contributed by atoms with van der Waals surface area (Å²) in [5.74, 6) is 0. The number of nitrogens with zero attached hydrogens (tertiary/aromatic N) is 2. The van der Waals surface area contributed by atoms with E-state index < -0.39 is 0 Å². The Hall–Kier alpha value is -6.62. The Bertz CT molecular complexity index is 3150. The van der Waals surface area contributed by atoms with Crippen LogP contribution in [0, 0.1) is 0 Å². The summed E-state index contributed by atoms with van der Waals surface area (Å²) in [4.78, 5) is 2.47. The molecular formula is C48H30N2OS. The molecule has 3 nitrogen and oxygen atoms in total. The van der Waals surface area contributed by atoms with Gasteiger partial charge in [-0.25, -0.2) is 0 Å². The Morgan fingerprint density at radius 3 is 2.06 bits per heavy atom. The molecule has 11 aromatic rings. The molecule has 3 aromatic heterocycles. The van der Waals surface area contributed by atoms with Crippen LogP contribution in [-0.4, -0.2) is 4.57 Å². The van der Waals surface area contributed by atoms with Crippen LogP contribution in [0.2, 0.25) is 0 Å². The fourth-order valence-corrected chi connectivity index (χ4v) is 9.20. The number of thiophene rings is 1. The molecule has 0 fully saturated rings. The predicted molar refractivity (Wildman–Crippen MR) is 221 cm³/mol. The molecule has 8 aromatic carbocycles. The van der Waals surface area contributed by atoms with Crippen molar-refractivity contribution in [3.8, 4) is 16.8 Å². The number of para-hydroxylation sites is 3. The molecule has 0 saturated carbocycles. The normalized spacial score (nSPS) is 11.8. The number of hydrogen-bond donors (Lipinski definition) is 0. The molecule has 0 atom stereocenters. The first-order valence-electron chi connectivity index (χ1n) is 17.6. The third kappa shape index (κ3) is 4.38. The number of furan rings is 1. The second-order valence-corrected chi connectivity index (χ2v) is 14.4. The molecule has 0 spiro atoms. The molecule has 0 aliphatic rings. The number of rotatable bonds is 5. The van der Waals surface area contributed by atoms with Crippen molar-refractivity contribution in [2.24, 2.45) is 0 Å². The van der Waals surface area contributed by atoms with Crippen LogP contribution < -0.4 is 4.90 Å². The van der Waals surface area contributed by atoms with Crippen LogP contribution in [0.25, 0.3) is 80.7 Å². The van der Waals surface area contributed by atoms with Gasteiger partial charge >= 0.3 is 0 Å². The van der Waals surface area contributed by atoms with Crippen LogP contribution in [-0.2, 0) is 0 Å². The molecule has 0 saturated heterocycles. The van der Waals surface area contributed by atoms with E-state index in [1.807, 2.05) is 23.5 Å². The maximum Gasteiger partial charge on any atom is 0.135 e. The van der Waals surface area contributed by atoms with Gasteiger partial charge < -0.3 is 13.9 Å². The average molecular weight is 683 g/mol. The predicted octanol–water partition coefficient (Wildman–Crippen LogP) is 14.2.